The Balaban J connectivity index is 1.94. The summed E-state index contributed by atoms with van der Waals surface area (Å²) >= 11 is 0. The quantitative estimate of drug-likeness (QED) is 0.799. The van der Waals surface area contributed by atoms with E-state index in [2.05, 4.69) is 0 Å². The van der Waals surface area contributed by atoms with Crippen molar-refractivity contribution in [2.75, 3.05) is 13.1 Å². The molecule has 1 fully saturated rings. The summed E-state index contributed by atoms with van der Waals surface area (Å²) in [5, 5.41) is 0. The molecule has 0 spiro atoms. The third kappa shape index (κ3) is 2.72. The molecule has 0 aliphatic carbocycles. The van der Waals surface area contributed by atoms with Crippen molar-refractivity contribution in [1.29, 1.82) is 0 Å². The maximum absolute atomic E-state index is 13.1. The Labute approximate surface area is 142 Å². The van der Waals surface area contributed by atoms with E-state index in [0.29, 0.717) is 11.1 Å². The van der Waals surface area contributed by atoms with Crippen molar-refractivity contribution in [2.24, 2.45) is 5.92 Å². The average molecular weight is 328 g/mol. The highest BCUT2D eigenvalue weighted by Gasteiger charge is 2.45. The molecule has 2 heterocycles. The predicted octanol–water partition coefficient (Wildman–Crippen LogP) is 2.71. The van der Waals surface area contributed by atoms with Gasteiger partial charge in [0.1, 0.15) is 6.04 Å². The zero-order valence-corrected chi connectivity index (χ0v) is 14.3. The number of rotatable bonds is 4. The van der Waals surface area contributed by atoms with Crippen molar-refractivity contribution in [1.82, 2.24) is 9.80 Å². The van der Waals surface area contributed by atoms with Crippen LogP contribution in [-0.4, -0.2) is 46.7 Å². The molecule has 1 aromatic carbocycles. The number of imide groups is 1. The Bertz CT molecular complexity index is 629. The molecule has 0 radical (unpaired) electrons. The van der Waals surface area contributed by atoms with Gasteiger partial charge in [0.15, 0.2) is 0 Å². The molecule has 2 aliphatic rings. The van der Waals surface area contributed by atoms with E-state index in [-0.39, 0.29) is 23.6 Å². The van der Waals surface area contributed by atoms with Crippen LogP contribution in [0.4, 0.5) is 0 Å². The predicted molar refractivity (Wildman–Crippen MR) is 90.6 cm³/mol. The molecule has 0 bridgehead atoms. The van der Waals surface area contributed by atoms with E-state index < -0.39 is 6.04 Å². The van der Waals surface area contributed by atoms with Crippen LogP contribution in [-0.2, 0) is 4.79 Å². The van der Waals surface area contributed by atoms with E-state index in [1.165, 1.54) is 4.90 Å². The fraction of sp³-hybridized carbons (Fsp3) is 0.526. The minimum absolute atomic E-state index is 0.0679. The summed E-state index contributed by atoms with van der Waals surface area (Å²) in [7, 11) is 0. The van der Waals surface area contributed by atoms with Crippen LogP contribution in [0.1, 0.15) is 60.2 Å². The van der Waals surface area contributed by atoms with Crippen molar-refractivity contribution in [3.8, 4) is 0 Å². The minimum atomic E-state index is -0.708. The largest absolute Gasteiger partial charge is 0.341 e. The van der Waals surface area contributed by atoms with E-state index in [1.54, 1.807) is 24.3 Å². The van der Waals surface area contributed by atoms with E-state index in [9.17, 15) is 14.4 Å². The Morgan fingerprint density at radius 1 is 1.04 bits per heavy atom. The van der Waals surface area contributed by atoms with Crippen LogP contribution in [0.2, 0.25) is 0 Å². The van der Waals surface area contributed by atoms with Gasteiger partial charge in [-0.3, -0.25) is 19.3 Å². The number of amides is 3. The smallest absolute Gasteiger partial charge is 0.262 e. The van der Waals surface area contributed by atoms with Gasteiger partial charge in [-0.1, -0.05) is 32.4 Å². The second-order valence-electron chi connectivity index (χ2n) is 6.74. The summed E-state index contributed by atoms with van der Waals surface area (Å²) < 4.78 is 0. The molecule has 24 heavy (non-hydrogen) atoms. The molecular formula is C19H24N2O3. The second kappa shape index (κ2) is 6.75. The number of carbonyl (C=O) groups excluding carboxylic acids is 3. The van der Waals surface area contributed by atoms with Gasteiger partial charge >= 0.3 is 0 Å². The molecule has 1 saturated heterocycles. The second-order valence-corrected chi connectivity index (χ2v) is 6.74. The van der Waals surface area contributed by atoms with Crippen LogP contribution in [0, 0.1) is 5.92 Å². The Hall–Kier alpha value is -2.17. The standard InChI is InChI=1S/C19H24N2O3/c1-3-13(2)16(19(24)20-11-7-4-8-12-20)21-17(22)14-9-5-6-10-15(14)18(21)23/h5-6,9-10,13,16H,3-4,7-8,11-12H2,1-2H3/t13-,16+/m1/s1. The molecule has 3 amide bonds. The lowest BCUT2D eigenvalue weighted by molar-refractivity contribution is -0.138. The zero-order valence-electron chi connectivity index (χ0n) is 14.3. The van der Waals surface area contributed by atoms with Crippen molar-refractivity contribution < 1.29 is 14.4 Å². The summed E-state index contributed by atoms with van der Waals surface area (Å²) in [6.07, 6.45) is 3.84. The van der Waals surface area contributed by atoms with Gasteiger partial charge in [-0.2, -0.15) is 0 Å². The van der Waals surface area contributed by atoms with Crippen LogP contribution >= 0.6 is 0 Å². The summed E-state index contributed by atoms with van der Waals surface area (Å²) in [6.45, 7) is 5.36. The molecule has 5 heteroatoms. The molecule has 2 atom stereocenters. The van der Waals surface area contributed by atoms with Gasteiger partial charge in [0.25, 0.3) is 11.8 Å². The molecule has 0 N–H and O–H groups in total. The number of piperidine rings is 1. The van der Waals surface area contributed by atoms with E-state index in [0.717, 1.165) is 38.8 Å². The normalized spacial score (nSPS) is 20.1. The first kappa shape index (κ1) is 16.7. The molecular weight excluding hydrogens is 304 g/mol. The summed E-state index contributed by atoms with van der Waals surface area (Å²) in [6, 6.07) is 6.11. The van der Waals surface area contributed by atoms with Gasteiger partial charge in [-0.05, 0) is 37.3 Å². The zero-order chi connectivity index (χ0) is 17.3. The molecule has 1 aromatic rings. The van der Waals surface area contributed by atoms with Crippen LogP contribution < -0.4 is 0 Å². The molecule has 0 saturated carbocycles. The van der Waals surface area contributed by atoms with Crippen LogP contribution in [0.3, 0.4) is 0 Å². The molecule has 0 aromatic heterocycles. The Morgan fingerprint density at radius 2 is 1.58 bits per heavy atom. The summed E-state index contributed by atoms with van der Waals surface area (Å²) in [5.41, 5.74) is 0.810. The third-order valence-electron chi connectivity index (χ3n) is 5.21. The highest BCUT2D eigenvalue weighted by Crippen LogP contribution is 2.29. The van der Waals surface area contributed by atoms with E-state index >= 15 is 0 Å². The summed E-state index contributed by atoms with van der Waals surface area (Å²) in [4.78, 5) is 41.7. The van der Waals surface area contributed by atoms with Gasteiger partial charge in [-0.15, -0.1) is 0 Å². The number of hydrogen-bond donors (Lipinski definition) is 0. The third-order valence-corrected chi connectivity index (χ3v) is 5.21. The van der Waals surface area contributed by atoms with Gasteiger partial charge < -0.3 is 4.90 Å². The SMILES string of the molecule is CC[C@@H](C)[C@@H](C(=O)N1CCCCC1)N1C(=O)c2ccccc2C1=O. The van der Waals surface area contributed by atoms with E-state index in [4.69, 9.17) is 0 Å². The number of benzene rings is 1. The number of fused-ring (bicyclic) bond motifs is 1. The molecule has 128 valence electrons. The lowest BCUT2D eigenvalue weighted by Gasteiger charge is -2.36. The lowest BCUT2D eigenvalue weighted by atomic mass is 9.95. The number of carbonyl (C=O) groups is 3. The topological polar surface area (TPSA) is 57.7 Å². The van der Waals surface area contributed by atoms with Crippen molar-refractivity contribution >= 4 is 17.7 Å². The van der Waals surface area contributed by atoms with Crippen molar-refractivity contribution in [3.63, 3.8) is 0 Å². The fourth-order valence-electron chi connectivity index (χ4n) is 3.59. The maximum Gasteiger partial charge on any atom is 0.262 e. The van der Waals surface area contributed by atoms with Gasteiger partial charge in [0, 0.05) is 13.1 Å². The van der Waals surface area contributed by atoms with Crippen LogP contribution in [0.25, 0.3) is 0 Å². The molecule has 0 unspecified atom stereocenters. The highest BCUT2D eigenvalue weighted by atomic mass is 16.2. The Morgan fingerprint density at radius 3 is 2.08 bits per heavy atom. The van der Waals surface area contributed by atoms with Gasteiger partial charge in [-0.25, -0.2) is 0 Å². The number of hydrogen-bond acceptors (Lipinski definition) is 3. The number of nitrogens with zero attached hydrogens (tertiary/aromatic N) is 2. The number of likely N-dealkylation sites (tertiary alicyclic amines) is 1. The lowest BCUT2D eigenvalue weighted by Crippen LogP contribution is -2.54. The first-order chi connectivity index (χ1) is 11.6. The first-order valence-electron chi connectivity index (χ1n) is 8.82. The highest BCUT2D eigenvalue weighted by molar-refractivity contribution is 6.22. The molecule has 2 aliphatic heterocycles. The van der Waals surface area contributed by atoms with Crippen LogP contribution in [0.15, 0.2) is 24.3 Å². The first-order valence-corrected chi connectivity index (χ1v) is 8.82. The van der Waals surface area contributed by atoms with Crippen molar-refractivity contribution in [2.45, 2.75) is 45.6 Å². The van der Waals surface area contributed by atoms with Gasteiger partial charge in [0.05, 0.1) is 11.1 Å². The molecule has 3 rings (SSSR count). The van der Waals surface area contributed by atoms with E-state index in [1.807, 2.05) is 18.7 Å². The minimum Gasteiger partial charge on any atom is -0.341 e. The fourth-order valence-corrected chi connectivity index (χ4v) is 3.59. The van der Waals surface area contributed by atoms with Gasteiger partial charge in [0.2, 0.25) is 5.91 Å². The average Bonchev–Trinajstić information content (AvgIpc) is 2.88. The monoisotopic (exact) mass is 328 g/mol. The summed E-state index contributed by atoms with van der Waals surface area (Å²) in [5.74, 6) is -0.835. The molecule has 5 nitrogen and oxygen atoms in total. The Kier molecular flexibility index (Phi) is 4.69. The maximum atomic E-state index is 13.1. The van der Waals surface area contributed by atoms with Crippen LogP contribution in [0.5, 0.6) is 0 Å². The van der Waals surface area contributed by atoms with Crippen molar-refractivity contribution in [3.05, 3.63) is 35.4 Å².